The predicted octanol–water partition coefficient (Wildman–Crippen LogP) is 3.31. The van der Waals surface area contributed by atoms with Gasteiger partial charge in [-0.3, -0.25) is 4.79 Å². The largest absolute Gasteiger partial charge is 0.356 e. The van der Waals surface area contributed by atoms with E-state index in [4.69, 9.17) is 4.52 Å². The van der Waals surface area contributed by atoms with Crippen molar-refractivity contribution in [2.45, 2.75) is 19.3 Å². The molecule has 0 fully saturated rings. The summed E-state index contributed by atoms with van der Waals surface area (Å²) in [5.41, 5.74) is 1.46. The van der Waals surface area contributed by atoms with Crippen LogP contribution in [0, 0.1) is 11.6 Å². The summed E-state index contributed by atoms with van der Waals surface area (Å²) in [5.74, 6) is -0.0892. The van der Waals surface area contributed by atoms with E-state index in [0.29, 0.717) is 36.7 Å². The van der Waals surface area contributed by atoms with Gasteiger partial charge in [0.05, 0.1) is 0 Å². The van der Waals surface area contributed by atoms with E-state index in [2.05, 4.69) is 15.5 Å². The molecule has 0 radical (unpaired) electrons. The molecule has 0 aliphatic heterocycles. The van der Waals surface area contributed by atoms with Gasteiger partial charge in [-0.2, -0.15) is 4.98 Å². The van der Waals surface area contributed by atoms with Crippen LogP contribution in [-0.4, -0.2) is 22.6 Å². The fraction of sp³-hybridized carbons (Fsp3) is 0.211. The quantitative estimate of drug-likeness (QED) is 0.704. The first-order valence-corrected chi connectivity index (χ1v) is 8.20. The Morgan fingerprint density at radius 2 is 1.85 bits per heavy atom. The average molecular weight is 357 g/mol. The van der Waals surface area contributed by atoms with Crippen molar-refractivity contribution in [3.8, 4) is 11.4 Å². The molecule has 26 heavy (non-hydrogen) atoms. The molecule has 7 heteroatoms. The van der Waals surface area contributed by atoms with Crippen LogP contribution in [-0.2, 0) is 17.6 Å². The lowest BCUT2D eigenvalue weighted by atomic mass is 10.1. The zero-order valence-corrected chi connectivity index (χ0v) is 13.9. The summed E-state index contributed by atoms with van der Waals surface area (Å²) in [6, 6.07) is 12.0. The zero-order chi connectivity index (χ0) is 18.4. The van der Waals surface area contributed by atoms with E-state index < -0.39 is 0 Å². The number of hydrogen-bond donors (Lipinski definition) is 1. The van der Waals surface area contributed by atoms with Crippen LogP contribution in [0.1, 0.15) is 17.9 Å². The molecular formula is C19H17F2N3O2. The number of carbonyl (C=O) groups excluding carboxylic acids is 1. The summed E-state index contributed by atoms with van der Waals surface area (Å²) in [6.07, 6.45) is 1.06. The third kappa shape index (κ3) is 4.95. The lowest BCUT2D eigenvalue weighted by Crippen LogP contribution is -2.25. The second-order valence-corrected chi connectivity index (χ2v) is 5.75. The standard InChI is InChI=1S/C19H17F2N3O2/c20-15-6-4-14(5-7-15)19-23-18(26-24-19)9-8-17(25)22-11-10-13-2-1-3-16(21)12-13/h1-7,12H,8-11H2,(H,22,25). The number of rotatable bonds is 7. The first kappa shape index (κ1) is 17.7. The molecule has 134 valence electrons. The summed E-state index contributed by atoms with van der Waals surface area (Å²) in [5, 5.41) is 6.60. The lowest BCUT2D eigenvalue weighted by molar-refractivity contribution is -0.121. The molecule has 1 aromatic heterocycles. The zero-order valence-electron chi connectivity index (χ0n) is 13.9. The topological polar surface area (TPSA) is 68.0 Å². The van der Waals surface area contributed by atoms with Crippen LogP contribution >= 0.6 is 0 Å². The summed E-state index contributed by atoms with van der Waals surface area (Å²) in [6.45, 7) is 0.424. The first-order chi connectivity index (χ1) is 12.6. The smallest absolute Gasteiger partial charge is 0.227 e. The Morgan fingerprint density at radius 3 is 2.62 bits per heavy atom. The third-order valence-electron chi connectivity index (χ3n) is 3.76. The van der Waals surface area contributed by atoms with Gasteiger partial charge in [-0.25, -0.2) is 8.78 Å². The number of halogens is 2. The van der Waals surface area contributed by atoms with Gasteiger partial charge >= 0.3 is 0 Å². The van der Waals surface area contributed by atoms with E-state index in [1.807, 2.05) is 6.07 Å². The van der Waals surface area contributed by atoms with Gasteiger partial charge < -0.3 is 9.84 Å². The van der Waals surface area contributed by atoms with Gasteiger partial charge in [0.25, 0.3) is 0 Å². The lowest BCUT2D eigenvalue weighted by Gasteiger charge is -2.04. The molecule has 1 amide bonds. The fourth-order valence-corrected chi connectivity index (χ4v) is 2.42. The highest BCUT2D eigenvalue weighted by Crippen LogP contribution is 2.16. The Morgan fingerprint density at radius 1 is 1.04 bits per heavy atom. The Hall–Kier alpha value is -3.09. The normalized spacial score (nSPS) is 10.7. The maximum atomic E-state index is 13.1. The van der Waals surface area contributed by atoms with E-state index >= 15 is 0 Å². The molecule has 0 saturated heterocycles. The number of carbonyl (C=O) groups is 1. The predicted molar refractivity (Wildman–Crippen MR) is 91.1 cm³/mol. The number of aryl methyl sites for hydroxylation is 1. The second-order valence-electron chi connectivity index (χ2n) is 5.75. The molecule has 1 N–H and O–H groups in total. The van der Waals surface area contributed by atoms with Crippen LogP contribution in [0.25, 0.3) is 11.4 Å². The molecule has 0 spiro atoms. The van der Waals surface area contributed by atoms with Crippen molar-refractivity contribution in [1.82, 2.24) is 15.5 Å². The van der Waals surface area contributed by atoms with Crippen LogP contribution in [0.15, 0.2) is 53.1 Å². The first-order valence-electron chi connectivity index (χ1n) is 8.20. The van der Waals surface area contributed by atoms with Crippen molar-refractivity contribution in [3.05, 3.63) is 71.6 Å². The molecule has 0 aliphatic carbocycles. The van der Waals surface area contributed by atoms with Crippen LogP contribution in [0.4, 0.5) is 8.78 Å². The highest BCUT2D eigenvalue weighted by Gasteiger charge is 2.10. The third-order valence-corrected chi connectivity index (χ3v) is 3.76. The summed E-state index contributed by atoms with van der Waals surface area (Å²) in [7, 11) is 0. The van der Waals surface area contributed by atoms with Crippen molar-refractivity contribution >= 4 is 5.91 Å². The van der Waals surface area contributed by atoms with Gasteiger partial charge in [0.2, 0.25) is 17.6 Å². The minimum atomic E-state index is -0.340. The van der Waals surface area contributed by atoms with Crippen LogP contribution in [0.3, 0.4) is 0 Å². The van der Waals surface area contributed by atoms with Gasteiger partial charge in [0.15, 0.2) is 0 Å². The van der Waals surface area contributed by atoms with Gasteiger partial charge in [0.1, 0.15) is 11.6 Å². The molecule has 1 heterocycles. The molecule has 0 unspecified atom stereocenters. The molecule has 5 nitrogen and oxygen atoms in total. The average Bonchev–Trinajstić information content (AvgIpc) is 3.10. The van der Waals surface area contributed by atoms with Crippen LogP contribution < -0.4 is 5.32 Å². The van der Waals surface area contributed by atoms with E-state index in [1.54, 1.807) is 18.2 Å². The second kappa shape index (κ2) is 8.33. The number of amides is 1. The Kier molecular flexibility index (Phi) is 5.68. The number of hydrogen-bond acceptors (Lipinski definition) is 4. The molecule has 0 aliphatic rings. The maximum absolute atomic E-state index is 13.1. The van der Waals surface area contributed by atoms with Gasteiger partial charge in [-0.15, -0.1) is 0 Å². The van der Waals surface area contributed by atoms with Gasteiger partial charge in [0, 0.05) is 24.9 Å². The van der Waals surface area contributed by atoms with Crippen molar-refractivity contribution in [3.63, 3.8) is 0 Å². The number of aromatic nitrogens is 2. The fourth-order valence-electron chi connectivity index (χ4n) is 2.42. The Bertz CT molecular complexity index is 879. The van der Waals surface area contributed by atoms with Crippen molar-refractivity contribution in [1.29, 1.82) is 0 Å². The molecular weight excluding hydrogens is 340 g/mol. The number of nitrogens with zero attached hydrogens (tertiary/aromatic N) is 2. The molecule has 3 rings (SSSR count). The number of nitrogens with one attached hydrogen (secondary N) is 1. The minimum absolute atomic E-state index is 0.150. The van der Waals surface area contributed by atoms with Crippen LogP contribution in [0.5, 0.6) is 0 Å². The summed E-state index contributed by atoms with van der Waals surface area (Å²) < 4.78 is 31.1. The SMILES string of the molecule is O=C(CCc1nc(-c2ccc(F)cc2)no1)NCCc1cccc(F)c1. The van der Waals surface area contributed by atoms with Crippen molar-refractivity contribution < 1.29 is 18.1 Å². The molecule has 0 saturated carbocycles. The van der Waals surface area contributed by atoms with E-state index in [9.17, 15) is 13.6 Å². The van der Waals surface area contributed by atoms with Crippen molar-refractivity contribution in [2.75, 3.05) is 6.54 Å². The Labute approximate surface area is 149 Å². The molecule has 3 aromatic rings. The van der Waals surface area contributed by atoms with Crippen molar-refractivity contribution in [2.24, 2.45) is 0 Å². The monoisotopic (exact) mass is 357 g/mol. The highest BCUT2D eigenvalue weighted by molar-refractivity contribution is 5.76. The number of benzene rings is 2. The van der Waals surface area contributed by atoms with Gasteiger partial charge in [-0.1, -0.05) is 17.3 Å². The maximum Gasteiger partial charge on any atom is 0.227 e. The highest BCUT2D eigenvalue weighted by atomic mass is 19.1. The van der Waals surface area contributed by atoms with Crippen LogP contribution in [0.2, 0.25) is 0 Å². The summed E-state index contributed by atoms with van der Waals surface area (Å²) in [4.78, 5) is 16.1. The van der Waals surface area contributed by atoms with Gasteiger partial charge in [-0.05, 0) is 48.4 Å². The van der Waals surface area contributed by atoms with E-state index in [0.717, 1.165) is 5.56 Å². The molecule has 0 atom stereocenters. The molecule has 2 aromatic carbocycles. The molecule has 0 bridgehead atoms. The van der Waals surface area contributed by atoms with E-state index in [-0.39, 0.29) is 24.0 Å². The summed E-state index contributed by atoms with van der Waals surface area (Å²) >= 11 is 0. The Balaban J connectivity index is 1.44. The minimum Gasteiger partial charge on any atom is -0.356 e. The van der Waals surface area contributed by atoms with E-state index in [1.165, 1.54) is 24.3 Å².